The first kappa shape index (κ1) is 9.96. The molecular formula is C11H15N3O. The van der Waals surface area contributed by atoms with E-state index >= 15 is 0 Å². The van der Waals surface area contributed by atoms with Gasteiger partial charge in [0.05, 0.1) is 18.7 Å². The summed E-state index contributed by atoms with van der Waals surface area (Å²) in [4.78, 5) is 0. The summed E-state index contributed by atoms with van der Waals surface area (Å²) in [5.41, 5.74) is 1.94. The van der Waals surface area contributed by atoms with Crippen LogP contribution in [0.2, 0.25) is 0 Å². The van der Waals surface area contributed by atoms with Crippen molar-refractivity contribution in [2.24, 2.45) is 0 Å². The van der Waals surface area contributed by atoms with Crippen LogP contribution in [0.3, 0.4) is 0 Å². The Morgan fingerprint density at radius 1 is 1.47 bits per heavy atom. The number of ether oxygens (including phenoxy) is 1. The highest BCUT2D eigenvalue weighted by Crippen LogP contribution is 2.21. The summed E-state index contributed by atoms with van der Waals surface area (Å²) in [6.45, 7) is 4.28. The van der Waals surface area contributed by atoms with Crippen molar-refractivity contribution in [3.63, 3.8) is 0 Å². The first-order valence-electron chi connectivity index (χ1n) is 5.15. The minimum absolute atomic E-state index is 0.378. The van der Waals surface area contributed by atoms with Crippen LogP contribution in [0.4, 0.5) is 0 Å². The van der Waals surface area contributed by atoms with Crippen molar-refractivity contribution in [2.75, 3.05) is 7.11 Å². The molecule has 0 bridgehead atoms. The summed E-state index contributed by atoms with van der Waals surface area (Å²) >= 11 is 0. The molecule has 80 valence electrons. The van der Waals surface area contributed by atoms with Gasteiger partial charge in [-0.15, -0.1) is 5.10 Å². The van der Waals surface area contributed by atoms with Crippen molar-refractivity contribution in [2.45, 2.75) is 26.3 Å². The molecule has 2 aromatic rings. The highest BCUT2D eigenvalue weighted by atomic mass is 16.5. The Labute approximate surface area is 88.8 Å². The van der Waals surface area contributed by atoms with E-state index in [9.17, 15) is 0 Å². The second kappa shape index (κ2) is 3.88. The topological polar surface area (TPSA) is 39.9 Å². The van der Waals surface area contributed by atoms with Crippen molar-refractivity contribution >= 4 is 11.0 Å². The number of aromatic nitrogens is 3. The van der Waals surface area contributed by atoms with Gasteiger partial charge in [-0.25, -0.2) is 4.68 Å². The van der Waals surface area contributed by atoms with E-state index in [1.54, 1.807) is 7.11 Å². The van der Waals surface area contributed by atoms with E-state index in [2.05, 4.69) is 24.2 Å². The van der Waals surface area contributed by atoms with Gasteiger partial charge in [-0.3, -0.25) is 0 Å². The molecule has 0 saturated carbocycles. The van der Waals surface area contributed by atoms with Crippen molar-refractivity contribution in [1.82, 2.24) is 15.0 Å². The van der Waals surface area contributed by atoms with Crippen LogP contribution in [-0.4, -0.2) is 22.1 Å². The molecule has 0 aliphatic rings. The molecule has 0 amide bonds. The third-order valence-electron chi connectivity index (χ3n) is 2.69. The summed E-state index contributed by atoms with van der Waals surface area (Å²) in [6.07, 6.45) is 1.05. The summed E-state index contributed by atoms with van der Waals surface area (Å²) < 4.78 is 7.09. The Hall–Kier alpha value is -1.58. The summed E-state index contributed by atoms with van der Waals surface area (Å²) in [5, 5.41) is 8.28. The Morgan fingerprint density at radius 3 is 2.93 bits per heavy atom. The largest absolute Gasteiger partial charge is 0.497 e. The Kier molecular flexibility index (Phi) is 2.58. The lowest BCUT2D eigenvalue weighted by Crippen LogP contribution is -2.05. The molecule has 4 heteroatoms. The van der Waals surface area contributed by atoms with E-state index in [1.807, 2.05) is 22.9 Å². The lowest BCUT2D eigenvalue weighted by atomic mass is 10.2. The van der Waals surface area contributed by atoms with Crippen molar-refractivity contribution < 1.29 is 4.74 Å². The van der Waals surface area contributed by atoms with Gasteiger partial charge in [0, 0.05) is 6.07 Å². The maximum Gasteiger partial charge on any atom is 0.121 e. The molecular weight excluding hydrogens is 190 g/mol. The van der Waals surface area contributed by atoms with Crippen molar-refractivity contribution in [3.05, 3.63) is 18.2 Å². The van der Waals surface area contributed by atoms with Crippen LogP contribution >= 0.6 is 0 Å². The highest BCUT2D eigenvalue weighted by Gasteiger charge is 2.09. The molecule has 1 heterocycles. The minimum atomic E-state index is 0.378. The molecule has 4 nitrogen and oxygen atoms in total. The Bertz CT molecular complexity index is 464. The van der Waals surface area contributed by atoms with Crippen LogP contribution in [0, 0.1) is 0 Å². The molecule has 15 heavy (non-hydrogen) atoms. The fourth-order valence-electron chi connectivity index (χ4n) is 1.55. The van der Waals surface area contributed by atoms with Crippen LogP contribution in [-0.2, 0) is 0 Å². The summed E-state index contributed by atoms with van der Waals surface area (Å²) in [7, 11) is 1.65. The molecule has 0 saturated heterocycles. The van der Waals surface area contributed by atoms with Gasteiger partial charge in [-0.1, -0.05) is 12.1 Å². The standard InChI is InChI=1S/C11H15N3O/c1-4-8(2)14-11-6-5-9(15-3)7-10(11)12-13-14/h5-8H,4H2,1-3H3/t8-/m1/s1. The van der Waals surface area contributed by atoms with E-state index in [4.69, 9.17) is 4.74 Å². The number of hydrogen-bond acceptors (Lipinski definition) is 3. The predicted molar refractivity (Wildman–Crippen MR) is 59.1 cm³/mol. The average molecular weight is 205 g/mol. The zero-order valence-corrected chi connectivity index (χ0v) is 9.27. The van der Waals surface area contributed by atoms with Gasteiger partial charge >= 0.3 is 0 Å². The lowest BCUT2D eigenvalue weighted by molar-refractivity contribution is 0.415. The molecule has 0 aliphatic carbocycles. The normalized spacial score (nSPS) is 13.0. The third-order valence-corrected chi connectivity index (χ3v) is 2.69. The number of benzene rings is 1. The molecule has 0 aliphatic heterocycles. The summed E-state index contributed by atoms with van der Waals surface area (Å²) in [6, 6.07) is 6.22. The summed E-state index contributed by atoms with van der Waals surface area (Å²) in [5.74, 6) is 0.818. The van der Waals surface area contributed by atoms with Gasteiger partial charge in [-0.2, -0.15) is 0 Å². The van der Waals surface area contributed by atoms with E-state index < -0.39 is 0 Å². The van der Waals surface area contributed by atoms with Crippen LogP contribution in [0.25, 0.3) is 11.0 Å². The predicted octanol–water partition coefficient (Wildman–Crippen LogP) is 2.41. The zero-order valence-electron chi connectivity index (χ0n) is 9.27. The maximum atomic E-state index is 5.14. The Morgan fingerprint density at radius 2 is 2.27 bits per heavy atom. The van der Waals surface area contributed by atoms with E-state index in [-0.39, 0.29) is 0 Å². The number of fused-ring (bicyclic) bond motifs is 1. The van der Waals surface area contributed by atoms with Gasteiger partial charge in [0.25, 0.3) is 0 Å². The van der Waals surface area contributed by atoms with Crippen molar-refractivity contribution in [3.8, 4) is 5.75 Å². The molecule has 0 fully saturated rings. The molecule has 2 rings (SSSR count). The molecule has 0 N–H and O–H groups in total. The number of nitrogens with zero attached hydrogens (tertiary/aromatic N) is 3. The molecule has 0 unspecified atom stereocenters. The Balaban J connectivity index is 2.52. The lowest BCUT2D eigenvalue weighted by Gasteiger charge is -2.08. The minimum Gasteiger partial charge on any atom is -0.497 e. The zero-order chi connectivity index (χ0) is 10.8. The van der Waals surface area contributed by atoms with E-state index in [0.717, 1.165) is 23.2 Å². The third kappa shape index (κ3) is 1.67. The molecule has 1 atom stereocenters. The number of rotatable bonds is 3. The number of methoxy groups -OCH3 is 1. The van der Waals surface area contributed by atoms with Gasteiger partial charge in [0.15, 0.2) is 0 Å². The van der Waals surface area contributed by atoms with Gasteiger partial charge in [-0.05, 0) is 25.5 Å². The maximum absolute atomic E-state index is 5.14. The van der Waals surface area contributed by atoms with E-state index in [0.29, 0.717) is 6.04 Å². The monoisotopic (exact) mass is 205 g/mol. The smallest absolute Gasteiger partial charge is 0.121 e. The molecule has 1 aromatic carbocycles. The van der Waals surface area contributed by atoms with Crippen molar-refractivity contribution in [1.29, 1.82) is 0 Å². The SMILES string of the molecule is CC[C@@H](C)n1nnc2cc(OC)ccc21. The first-order valence-corrected chi connectivity index (χ1v) is 5.15. The van der Waals surface area contributed by atoms with Crippen LogP contribution in [0.5, 0.6) is 5.75 Å². The highest BCUT2D eigenvalue weighted by molar-refractivity contribution is 5.76. The molecule has 0 radical (unpaired) electrons. The van der Waals surface area contributed by atoms with Gasteiger partial charge < -0.3 is 4.74 Å². The van der Waals surface area contributed by atoms with Crippen LogP contribution < -0.4 is 4.74 Å². The number of hydrogen-bond donors (Lipinski definition) is 0. The van der Waals surface area contributed by atoms with Gasteiger partial charge in [0.2, 0.25) is 0 Å². The van der Waals surface area contributed by atoms with Crippen LogP contribution in [0.15, 0.2) is 18.2 Å². The molecule has 0 spiro atoms. The van der Waals surface area contributed by atoms with Gasteiger partial charge in [0.1, 0.15) is 11.3 Å². The first-order chi connectivity index (χ1) is 7.26. The second-order valence-corrected chi connectivity index (χ2v) is 3.65. The quantitative estimate of drug-likeness (QED) is 0.772. The van der Waals surface area contributed by atoms with E-state index in [1.165, 1.54) is 0 Å². The average Bonchev–Trinajstić information content (AvgIpc) is 2.70. The second-order valence-electron chi connectivity index (χ2n) is 3.65. The fourth-order valence-corrected chi connectivity index (χ4v) is 1.55. The van der Waals surface area contributed by atoms with Crippen LogP contribution in [0.1, 0.15) is 26.3 Å². The molecule has 1 aromatic heterocycles. The fraction of sp³-hybridized carbons (Fsp3) is 0.455.